The monoisotopic (exact) mass is 373 g/mol. The SMILES string of the molecule is Cc1ccc(NC(=O)c2cc3ccccc3oc2=Nc2cccc(F)c2)nc1. The summed E-state index contributed by atoms with van der Waals surface area (Å²) in [5.41, 5.74) is 2.23. The maximum atomic E-state index is 13.5. The number of nitrogens with one attached hydrogen (secondary N) is 1. The van der Waals surface area contributed by atoms with E-state index in [2.05, 4.69) is 15.3 Å². The van der Waals surface area contributed by atoms with Gasteiger partial charge in [-0.2, -0.15) is 0 Å². The van der Waals surface area contributed by atoms with Gasteiger partial charge < -0.3 is 9.73 Å². The van der Waals surface area contributed by atoms with E-state index in [0.29, 0.717) is 17.1 Å². The van der Waals surface area contributed by atoms with Crippen molar-refractivity contribution in [1.82, 2.24) is 4.98 Å². The number of benzene rings is 2. The Kier molecular flexibility index (Phi) is 4.68. The lowest BCUT2D eigenvalue weighted by Crippen LogP contribution is -2.22. The molecule has 138 valence electrons. The van der Waals surface area contributed by atoms with E-state index in [1.54, 1.807) is 36.5 Å². The number of fused-ring (bicyclic) bond motifs is 1. The van der Waals surface area contributed by atoms with Crippen LogP contribution in [0.2, 0.25) is 0 Å². The minimum Gasteiger partial charge on any atom is -0.438 e. The first-order chi connectivity index (χ1) is 13.6. The molecule has 0 atom stereocenters. The Hall–Kier alpha value is -3.80. The fourth-order valence-corrected chi connectivity index (χ4v) is 2.70. The van der Waals surface area contributed by atoms with Crippen molar-refractivity contribution < 1.29 is 13.6 Å². The van der Waals surface area contributed by atoms with Crippen molar-refractivity contribution in [3.05, 3.63) is 95.4 Å². The second-order valence-corrected chi connectivity index (χ2v) is 6.27. The van der Waals surface area contributed by atoms with Gasteiger partial charge in [0.15, 0.2) is 0 Å². The van der Waals surface area contributed by atoms with E-state index in [0.717, 1.165) is 10.9 Å². The second kappa shape index (κ2) is 7.44. The topological polar surface area (TPSA) is 67.5 Å². The van der Waals surface area contributed by atoms with Crippen molar-refractivity contribution in [1.29, 1.82) is 0 Å². The second-order valence-electron chi connectivity index (χ2n) is 6.27. The molecule has 6 heteroatoms. The van der Waals surface area contributed by atoms with E-state index in [1.807, 2.05) is 31.2 Å². The number of hydrogen-bond acceptors (Lipinski definition) is 4. The van der Waals surface area contributed by atoms with Crippen molar-refractivity contribution >= 4 is 28.4 Å². The number of aryl methyl sites for hydroxylation is 1. The molecule has 0 bridgehead atoms. The van der Waals surface area contributed by atoms with Crippen LogP contribution in [0.5, 0.6) is 0 Å². The molecule has 0 aliphatic rings. The molecule has 0 aliphatic heterocycles. The number of pyridine rings is 1. The fraction of sp³-hybridized carbons (Fsp3) is 0.0455. The summed E-state index contributed by atoms with van der Waals surface area (Å²) in [6, 6.07) is 18.3. The molecular formula is C22H16FN3O2. The van der Waals surface area contributed by atoms with Crippen LogP contribution in [0.15, 0.2) is 82.3 Å². The van der Waals surface area contributed by atoms with E-state index in [-0.39, 0.29) is 11.1 Å². The van der Waals surface area contributed by atoms with Crippen LogP contribution in [0.4, 0.5) is 15.9 Å². The number of para-hydroxylation sites is 1. The van der Waals surface area contributed by atoms with Gasteiger partial charge in [0.05, 0.1) is 5.69 Å². The van der Waals surface area contributed by atoms with E-state index in [9.17, 15) is 9.18 Å². The summed E-state index contributed by atoms with van der Waals surface area (Å²) < 4.78 is 19.4. The van der Waals surface area contributed by atoms with Gasteiger partial charge in [-0.3, -0.25) is 4.79 Å². The molecule has 0 saturated carbocycles. The molecule has 0 aliphatic carbocycles. The lowest BCUT2D eigenvalue weighted by molar-refractivity contribution is 0.102. The summed E-state index contributed by atoms with van der Waals surface area (Å²) in [6.45, 7) is 1.91. The van der Waals surface area contributed by atoms with Gasteiger partial charge in [0.2, 0.25) is 5.55 Å². The molecule has 0 radical (unpaired) electrons. The van der Waals surface area contributed by atoms with Crippen LogP contribution in [0.3, 0.4) is 0 Å². The summed E-state index contributed by atoms with van der Waals surface area (Å²) in [6.07, 6.45) is 1.67. The van der Waals surface area contributed by atoms with Gasteiger partial charge in [-0.15, -0.1) is 0 Å². The van der Waals surface area contributed by atoms with Gasteiger partial charge in [0, 0.05) is 11.6 Å². The van der Waals surface area contributed by atoms with Gasteiger partial charge in [-0.05, 0) is 48.9 Å². The predicted molar refractivity (Wildman–Crippen MR) is 105 cm³/mol. The molecule has 1 amide bonds. The number of carbonyl (C=O) groups is 1. The van der Waals surface area contributed by atoms with Crippen molar-refractivity contribution in [3.63, 3.8) is 0 Å². The molecular weight excluding hydrogens is 357 g/mol. The summed E-state index contributed by atoms with van der Waals surface area (Å²) in [7, 11) is 0. The highest BCUT2D eigenvalue weighted by molar-refractivity contribution is 6.04. The van der Waals surface area contributed by atoms with E-state index < -0.39 is 11.7 Å². The average Bonchev–Trinajstić information content (AvgIpc) is 2.69. The first kappa shape index (κ1) is 17.6. The smallest absolute Gasteiger partial charge is 0.262 e. The molecule has 0 saturated heterocycles. The summed E-state index contributed by atoms with van der Waals surface area (Å²) >= 11 is 0. The molecule has 0 unspecified atom stereocenters. The molecule has 1 N–H and O–H groups in total. The maximum Gasteiger partial charge on any atom is 0.262 e. The lowest BCUT2D eigenvalue weighted by atomic mass is 10.1. The maximum absolute atomic E-state index is 13.5. The van der Waals surface area contributed by atoms with Crippen LogP contribution >= 0.6 is 0 Å². The number of hydrogen-bond donors (Lipinski definition) is 1. The minimum atomic E-state index is -0.420. The zero-order valence-electron chi connectivity index (χ0n) is 15.0. The number of carbonyl (C=O) groups excluding carboxylic acids is 1. The van der Waals surface area contributed by atoms with Crippen LogP contribution in [0.25, 0.3) is 11.0 Å². The summed E-state index contributed by atoms with van der Waals surface area (Å²) in [5.74, 6) is -0.418. The van der Waals surface area contributed by atoms with E-state index in [1.165, 1.54) is 12.1 Å². The van der Waals surface area contributed by atoms with Gasteiger partial charge in [0.25, 0.3) is 5.91 Å². The third-order valence-electron chi connectivity index (χ3n) is 4.09. The molecule has 0 fully saturated rings. The average molecular weight is 373 g/mol. The van der Waals surface area contributed by atoms with Crippen LogP contribution in [0, 0.1) is 12.7 Å². The number of nitrogens with zero attached hydrogens (tertiary/aromatic N) is 2. The molecule has 5 nitrogen and oxygen atoms in total. The number of halogens is 1. The van der Waals surface area contributed by atoms with Crippen LogP contribution in [0.1, 0.15) is 15.9 Å². The van der Waals surface area contributed by atoms with Gasteiger partial charge in [0.1, 0.15) is 22.8 Å². The molecule has 4 aromatic rings. The lowest BCUT2D eigenvalue weighted by Gasteiger charge is -2.06. The van der Waals surface area contributed by atoms with Gasteiger partial charge in [-0.25, -0.2) is 14.4 Å². The summed E-state index contributed by atoms with van der Waals surface area (Å²) in [4.78, 5) is 21.4. The third-order valence-corrected chi connectivity index (χ3v) is 4.09. The Labute approximate surface area is 160 Å². The Morgan fingerprint density at radius 1 is 1.07 bits per heavy atom. The normalized spacial score (nSPS) is 11.6. The Morgan fingerprint density at radius 3 is 2.71 bits per heavy atom. The zero-order valence-corrected chi connectivity index (χ0v) is 15.0. The van der Waals surface area contributed by atoms with E-state index >= 15 is 0 Å². The van der Waals surface area contributed by atoms with Crippen LogP contribution < -0.4 is 10.9 Å². The number of anilines is 1. The molecule has 28 heavy (non-hydrogen) atoms. The fourth-order valence-electron chi connectivity index (χ4n) is 2.70. The molecule has 2 aromatic heterocycles. The Bertz CT molecular complexity index is 1230. The van der Waals surface area contributed by atoms with Crippen molar-refractivity contribution in [2.24, 2.45) is 4.99 Å². The molecule has 0 spiro atoms. The first-order valence-electron chi connectivity index (χ1n) is 8.66. The third kappa shape index (κ3) is 3.81. The minimum absolute atomic E-state index is 0.0916. The van der Waals surface area contributed by atoms with Crippen molar-refractivity contribution in [2.45, 2.75) is 6.92 Å². The predicted octanol–water partition coefficient (Wildman–Crippen LogP) is 4.76. The Morgan fingerprint density at radius 2 is 1.93 bits per heavy atom. The zero-order chi connectivity index (χ0) is 19.5. The molecule has 4 rings (SSSR count). The highest BCUT2D eigenvalue weighted by Crippen LogP contribution is 2.16. The quantitative estimate of drug-likeness (QED) is 0.563. The van der Waals surface area contributed by atoms with Crippen LogP contribution in [-0.4, -0.2) is 10.9 Å². The standard InChI is InChI=1S/C22H16FN3O2/c1-14-9-10-20(24-13-14)26-21(27)18-11-15-5-2-3-8-19(15)28-22(18)25-17-7-4-6-16(23)12-17/h2-13H,1H3,(H,24,26,27). The highest BCUT2D eigenvalue weighted by Gasteiger charge is 2.13. The van der Waals surface area contributed by atoms with Gasteiger partial charge in [-0.1, -0.05) is 30.3 Å². The number of amides is 1. The largest absolute Gasteiger partial charge is 0.438 e. The number of aromatic nitrogens is 1. The van der Waals surface area contributed by atoms with E-state index in [4.69, 9.17) is 4.42 Å². The highest BCUT2D eigenvalue weighted by atomic mass is 19.1. The van der Waals surface area contributed by atoms with Gasteiger partial charge >= 0.3 is 0 Å². The molecule has 2 heterocycles. The van der Waals surface area contributed by atoms with Crippen LogP contribution in [-0.2, 0) is 0 Å². The van der Waals surface area contributed by atoms with Crippen molar-refractivity contribution in [3.8, 4) is 0 Å². The Balaban J connectivity index is 1.83. The molecule has 2 aromatic carbocycles. The first-order valence-corrected chi connectivity index (χ1v) is 8.66. The number of rotatable bonds is 3. The van der Waals surface area contributed by atoms with Crippen molar-refractivity contribution in [2.75, 3.05) is 5.32 Å². The summed E-state index contributed by atoms with van der Waals surface area (Å²) in [5, 5.41) is 3.50.